The summed E-state index contributed by atoms with van der Waals surface area (Å²) in [5, 5.41) is 0. The Morgan fingerprint density at radius 3 is 2.60 bits per heavy atom. The summed E-state index contributed by atoms with van der Waals surface area (Å²) in [7, 11) is 0. The zero-order valence-electron chi connectivity index (χ0n) is 14.4. The van der Waals surface area contributed by atoms with E-state index in [2.05, 4.69) is 4.98 Å². The van der Waals surface area contributed by atoms with Crippen molar-refractivity contribution in [3.8, 4) is 0 Å². The molecular weight excluding hydrogens is 319 g/mol. The Hall–Kier alpha value is -2.27. The third-order valence-corrected chi connectivity index (χ3v) is 4.81. The van der Waals surface area contributed by atoms with Crippen LogP contribution in [0.4, 0.5) is 10.1 Å². The molecule has 1 atom stereocenters. The molecule has 1 amide bonds. The fraction of sp³-hybridized carbons (Fsp3) is 0.400. The van der Waals surface area contributed by atoms with Crippen LogP contribution in [0.15, 0.2) is 48.7 Å². The highest BCUT2D eigenvalue weighted by atomic mass is 19.1. The number of benzene rings is 1. The molecular formula is C20H23FN2O2. The molecule has 0 N–H and O–H groups in total. The number of carbonyl (C=O) groups excluding carboxylic acids is 1. The van der Waals surface area contributed by atoms with Gasteiger partial charge in [-0.2, -0.15) is 0 Å². The van der Waals surface area contributed by atoms with Gasteiger partial charge in [-0.15, -0.1) is 0 Å². The Bertz CT molecular complexity index is 685. The predicted molar refractivity (Wildman–Crippen MR) is 94.5 cm³/mol. The standard InChI is InChI=1S/C20H23FN2O2/c1-15(16-9-12-25-13-10-16)20(24)23(14-18-4-2-3-11-22-18)19-7-5-17(21)6-8-19/h2-8,11,15-16H,9-10,12-14H2,1H3. The maximum Gasteiger partial charge on any atom is 0.230 e. The van der Waals surface area contributed by atoms with Crippen LogP contribution in [0.25, 0.3) is 0 Å². The van der Waals surface area contributed by atoms with Gasteiger partial charge in [0.2, 0.25) is 5.91 Å². The average Bonchev–Trinajstić information content (AvgIpc) is 2.67. The van der Waals surface area contributed by atoms with E-state index in [-0.39, 0.29) is 17.6 Å². The molecule has 3 rings (SSSR count). The minimum absolute atomic E-state index is 0.0455. The topological polar surface area (TPSA) is 42.4 Å². The van der Waals surface area contributed by atoms with Crippen molar-refractivity contribution < 1.29 is 13.9 Å². The van der Waals surface area contributed by atoms with Gasteiger partial charge in [-0.05, 0) is 55.2 Å². The first-order valence-corrected chi connectivity index (χ1v) is 8.70. The second-order valence-corrected chi connectivity index (χ2v) is 6.46. The van der Waals surface area contributed by atoms with Crippen LogP contribution in [0.3, 0.4) is 0 Å². The van der Waals surface area contributed by atoms with Gasteiger partial charge in [-0.3, -0.25) is 9.78 Å². The maximum atomic E-state index is 13.3. The zero-order chi connectivity index (χ0) is 17.6. The molecule has 1 saturated heterocycles. The third kappa shape index (κ3) is 4.42. The monoisotopic (exact) mass is 342 g/mol. The summed E-state index contributed by atoms with van der Waals surface area (Å²) in [5.41, 5.74) is 1.50. The second kappa shape index (κ2) is 8.21. The number of aromatic nitrogens is 1. The molecule has 25 heavy (non-hydrogen) atoms. The second-order valence-electron chi connectivity index (χ2n) is 6.46. The molecule has 0 spiro atoms. The molecule has 1 aromatic carbocycles. The van der Waals surface area contributed by atoms with E-state index in [1.165, 1.54) is 12.1 Å². The summed E-state index contributed by atoms with van der Waals surface area (Å²) >= 11 is 0. The molecule has 0 aliphatic carbocycles. The smallest absolute Gasteiger partial charge is 0.230 e. The molecule has 1 aliphatic heterocycles. The molecule has 5 heteroatoms. The fourth-order valence-electron chi connectivity index (χ4n) is 3.23. The molecule has 0 saturated carbocycles. The van der Waals surface area contributed by atoms with Crippen molar-refractivity contribution in [2.24, 2.45) is 11.8 Å². The van der Waals surface area contributed by atoms with Crippen LogP contribution in [0, 0.1) is 17.7 Å². The molecule has 1 unspecified atom stereocenters. The van der Waals surface area contributed by atoms with Gasteiger partial charge in [0.05, 0.1) is 12.2 Å². The van der Waals surface area contributed by atoms with Gasteiger partial charge in [0.1, 0.15) is 5.82 Å². The van der Waals surface area contributed by atoms with Gasteiger partial charge in [0.15, 0.2) is 0 Å². The highest BCUT2D eigenvalue weighted by molar-refractivity contribution is 5.94. The number of amides is 1. The van der Waals surface area contributed by atoms with Gasteiger partial charge in [0.25, 0.3) is 0 Å². The number of anilines is 1. The van der Waals surface area contributed by atoms with E-state index in [0.29, 0.717) is 31.4 Å². The Labute approximate surface area is 147 Å². The number of rotatable bonds is 5. The van der Waals surface area contributed by atoms with Crippen LogP contribution in [0.5, 0.6) is 0 Å². The highest BCUT2D eigenvalue weighted by Gasteiger charge is 2.30. The van der Waals surface area contributed by atoms with Crippen LogP contribution in [0.1, 0.15) is 25.5 Å². The SMILES string of the molecule is CC(C(=O)N(Cc1ccccn1)c1ccc(F)cc1)C1CCOCC1. The molecule has 132 valence electrons. The summed E-state index contributed by atoms with van der Waals surface area (Å²) in [6, 6.07) is 11.7. The molecule has 0 bridgehead atoms. The first-order valence-electron chi connectivity index (χ1n) is 8.70. The summed E-state index contributed by atoms with van der Waals surface area (Å²) in [6.07, 6.45) is 3.51. The minimum atomic E-state index is -0.313. The lowest BCUT2D eigenvalue weighted by molar-refractivity contribution is -0.124. The van der Waals surface area contributed by atoms with Gasteiger partial charge in [0, 0.05) is 31.0 Å². The first kappa shape index (κ1) is 17.5. The average molecular weight is 342 g/mol. The summed E-state index contributed by atoms with van der Waals surface area (Å²) in [6.45, 7) is 3.77. The third-order valence-electron chi connectivity index (χ3n) is 4.81. The van der Waals surface area contributed by atoms with Crippen molar-refractivity contribution in [2.75, 3.05) is 18.1 Å². The van der Waals surface area contributed by atoms with Crippen LogP contribution >= 0.6 is 0 Å². The number of nitrogens with zero attached hydrogens (tertiary/aromatic N) is 2. The van der Waals surface area contributed by atoms with E-state index in [0.717, 1.165) is 18.5 Å². The van der Waals surface area contributed by atoms with Crippen LogP contribution in [0.2, 0.25) is 0 Å². The van der Waals surface area contributed by atoms with E-state index in [1.807, 2.05) is 25.1 Å². The van der Waals surface area contributed by atoms with E-state index in [4.69, 9.17) is 4.74 Å². The molecule has 1 fully saturated rings. The van der Waals surface area contributed by atoms with Crippen molar-refractivity contribution in [3.63, 3.8) is 0 Å². The van der Waals surface area contributed by atoms with Crippen molar-refractivity contribution in [1.82, 2.24) is 4.98 Å². The molecule has 4 nitrogen and oxygen atoms in total. The zero-order valence-corrected chi connectivity index (χ0v) is 14.4. The molecule has 2 heterocycles. The van der Waals surface area contributed by atoms with Crippen molar-refractivity contribution >= 4 is 11.6 Å². The lowest BCUT2D eigenvalue weighted by atomic mass is 9.86. The number of hydrogen-bond donors (Lipinski definition) is 0. The maximum absolute atomic E-state index is 13.3. The Morgan fingerprint density at radius 2 is 1.96 bits per heavy atom. The molecule has 2 aromatic rings. The lowest BCUT2D eigenvalue weighted by Crippen LogP contribution is -2.39. The normalized spacial score (nSPS) is 16.4. The largest absolute Gasteiger partial charge is 0.381 e. The molecule has 0 radical (unpaired) electrons. The van der Waals surface area contributed by atoms with Crippen LogP contribution < -0.4 is 4.90 Å². The van der Waals surface area contributed by atoms with E-state index in [9.17, 15) is 9.18 Å². The van der Waals surface area contributed by atoms with Crippen molar-refractivity contribution in [1.29, 1.82) is 0 Å². The van der Waals surface area contributed by atoms with Crippen LogP contribution in [-0.4, -0.2) is 24.1 Å². The van der Waals surface area contributed by atoms with E-state index >= 15 is 0 Å². The number of ether oxygens (including phenoxy) is 1. The lowest BCUT2D eigenvalue weighted by Gasteiger charge is -2.31. The van der Waals surface area contributed by atoms with Gasteiger partial charge in [-0.1, -0.05) is 13.0 Å². The van der Waals surface area contributed by atoms with E-state index in [1.54, 1.807) is 23.2 Å². The van der Waals surface area contributed by atoms with Gasteiger partial charge < -0.3 is 9.64 Å². The summed E-state index contributed by atoms with van der Waals surface area (Å²) in [4.78, 5) is 19.2. The Balaban J connectivity index is 1.84. The van der Waals surface area contributed by atoms with Crippen LogP contribution in [-0.2, 0) is 16.1 Å². The Kier molecular flexibility index (Phi) is 5.76. The van der Waals surface area contributed by atoms with Crippen molar-refractivity contribution in [3.05, 3.63) is 60.2 Å². The Morgan fingerprint density at radius 1 is 1.24 bits per heavy atom. The number of hydrogen-bond acceptors (Lipinski definition) is 3. The van der Waals surface area contributed by atoms with Gasteiger partial charge >= 0.3 is 0 Å². The molecule has 1 aromatic heterocycles. The molecule has 1 aliphatic rings. The highest BCUT2D eigenvalue weighted by Crippen LogP contribution is 2.28. The van der Waals surface area contributed by atoms with E-state index < -0.39 is 0 Å². The summed E-state index contributed by atoms with van der Waals surface area (Å²) < 4.78 is 18.7. The number of halogens is 1. The van der Waals surface area contributed by atoms with Gasteiger partial charge in [-0.25, -0.2) is 4.39 Å². The minimum Gasteiger partial charge on any atom is -0.381 e. The first-order chi connectivity index (χ1) is 12.1. The fourth-order valence-corrected chi connectivity index (χ4v) is 3.23. The summed E-state index contributed by atoms with van der Waals surface area (Å²) in [5.74, 6) is -0.0683. The quantitative estimate of drug-likeness (QED) is 0.830. The van der Waals surface area contributed by atoms with Crippen molar-refractivity contribution in [2.45, 2.75) is 26.3 Å². The number of pyridine rings is 1. The predicted octanol–water partition coefficient (Wildman–Crippen LogP) is 3.82. The number of carbonyl (C=O) groups is 1.